The molecule has 0 aliphatic heterocycles. The van der Waals surface area contributed by atoms with Gasteiger partial charge in [-0.05, 0) is 32.6 Å². The molecule has 3 nitrogen and oxygen atoms in total. The van der Waals surface area contributed by atoms with Crippen molar-refractivity contribution in [1.29, 1.82) is 0 Å². The molecule has 1 aliphatic carbocycles. The van der Waals surface area contributed by atoms with Crippen molar-refractivity contribution in [3.8, 4) is 10.6 Å². The quantitative estimate of drug-likeness (QED) is 0.932. The van der Waals surface area contributed by atoms with Crippen LogP contribution in [0.4, 0.5) is 0 Å². The lowest BCUT2D eigenvalue weighted by Crippen LogP contribution is -2.33. The summed E-state index contributed by atoms with van der Waals surface area (Å²) in [5, 5.41) is 4.00. The van der Waals surface area contributed by atoms with Gasteiger partial charge in [0.2, 0.25) is 0 Å². The van der Waals surface area contributed by atoms with Gasteiger partial charge in [-0.25, -0.2) is 4.98 Å². The van der Waals surface area contributed by atoms with Crippen LogP contribution in [-0.4, -0.2) is 16.9 Å². The molecule has 1 fully saturated rings. The third kappa shape index (κ3) is 2.75. The Kier molecular flexibility index (Phi) is 3.57. The first-order valence-corrected chi connectivity index (χ1v) is 7.80. The first kappa shape index (κ1) is 13.3. The van der Waals surface area contributed by atoms with Crippen molar-refractivity contribution in [2.45, 2.75) is 32.7 Å². The zero-order valence-corrected chi connectivity index (χ0v) is 12.5. The van der Waals surface area contributed by atoms with Gasteiger partial charge in [0.25, 0.3) is 5.91 Å². The van der Waals surface area contributed by atoms with Crippen molar-refractivity contribution in [1.82, 2.24) is 10.3 Å². The molecule has 1 aliphatic rings. The van der Waals surface area contributed by atoms with Crippen molar-refractivity contribution >= 4 is 17.2 Å². The number of amides is 1. The van der Waals surface area contributed by atoms with Crippen LogP contribution < -0.4 is 5.32 Å². The first-order valence-electron chi connectivity index (χ1n) is 6.99. The molecule has 1 atom stereocenters. The summed E-state index contributed by atoms with van der Waals surface area (Å²) in [4.78, 5) is 17.6. The van der Waals surface area contributed by atoms with Crippen LogP contribution in [0.1, 0.15) is 35.1 Å². The standard InChI is InChI=1S/C16H18N2OS/c1-10(12-8-9-12)17-15(19)14-11(2)18-16(20-14)13-6-4-3-5-7-13/h3-7,10,12H,8-9H2,1-2H3,(H,17,19). The minimum Gasteiger partial charge on any atom is -0.349 e. The number of benzene rings is 1. The molecular formula is C16H18N2OS. The maximum atomic E-state index is 12.3. The van der Waals surface area contributed by atoms with E-state index in [0.29, 0.717) is 5.92 Å². The molecule has 1 amide bonds. The second-order valence-electron chi connectivity index (χ2n) is 5.40. The Morgan fingerprint density at radius 1 is 1.35 bits per heavy atom. The molecule has 1 aromatic carbocycles. The third-order valence-electron chi connectivity index (χ3n) is 3.71. The van der Waals surface area contributed by atoms with Crippen molar-refractivity contribution in [2.24, 2.45) is 5.92 Å². The molecular weight excluding hydrogens is 268 g/mol. The molecule has 1 unspecified atom stereocenters. The summed E-state index contributed by atoms with van der Waals surface area (Å²) in [5.74, 6) is 0.683. The number of aryl methyl sites for hydroxylation is 1. The Morgan fingerprint density at radius 3 is 2.70 bits per heavy atom. The number of carbonyl (C=O) groups excluding carboxylic acids is 1. The average Bonchev–Trinajstić information content (AvgIpc) is 3.22. The molecule has 3 rings (SSSR count). The Balaban J connectivity index is 1.80. The van der Waals surface area contributed by atoms with Gasteiger partial charge >= 0.3 is 0 Å². The van der Waals surface area contributed by atoms with Gasteiger partial charge in [0.15, 0.2) is 0 Å². The van der Waals surface area contributed by atoms with E-state index in [1.165, 1.54) is 24.2 Å². The molecule has 20 heavy (non-hydrogen) atoms. The number of hydrogen-bond donors (Lipinski definition) is 1. The first-order chi connectivity index (χ1) is 9.65. The topological polar surface area (TPSA) is 42.0 Å². The van der Waals surface area contributed by atoms with Crippen molar-refractivity contribution in [3.05, 3.63) is 40.9 Å². The highest BCUT2D eigenvalue weighted by molar-refractivity contribution is 7.17. The van der Waals surface area contributed by atoms with Crippen LogP contribution in [0.15, 0.2) is 30.3 Å². The number of nitrogens with zero attached hydrogens (tertiary/aromatic N) is 1. The molecule has 4 heteroatoms. The summed E-state index contributed by atoms with van der Waals surface area (Å²) in [6.45, 7) is 3.99. The van der Waals surface area contributed by atoms with E-state index in [0.717, 1.165) is 21.1 Å². The van der Waals surface area contributed by atoms with E-state index >= 15 is 0 Å². The molecule has 104 valence electrons. The maximum absolute atomic E-state index is 12.3. The summed E-state index contributed by atoms with van der Waals surface area (Å²) in [6, 6.07) is 10.3. The van der Waals surface area contributed by atoms with E-state index in [2.05, 4.69) is 17.2 Å². The van der Waals surface area contributed by atoms with Gasteiger partial charge in [-0.15, -0.1) is 11.3 Å². The number of rotatable bonds is 4. The van der Waals surface area contributed by atoms with E-state index in [1.54, 1.807) is 0 Å². The van der Waals surface area contributed by atoms with Gasteiger partial charge in [-0.2, -0.15) is 0 Å². The Bertz CT molecular complexity index is 617. The molecule has 0 bridgehead atoms. The molecule has 1 heterocycles. The zero-order valence-electron chi connectivity index (χ0n) is 11.7. The van der Waals surface area contributed by atoms with Gasteiger partial charge in [-0.3, -0.25) is 4.79 Å². The molecule has 0 spiro atoms. The van der Waals surface area contributed by atoms with E-state index < -0.39 is 0 Å². The van der Waals surface area contributed by atoms with Gasteiger partial charge in [0, 0.05) is 11.6 Å². The summed E-state index contributed by atoms with van der Waals surface area (Å²) >= 11 is 1.47. The highest BCUT2D eigenvalue weighted by Gasteiger charge is 2.29. The lowest BCUT2D eigenvalue weighted by atomic mass is 10.2. The number of aromatic nitrogens is 1. The van der Waals surface area contributed by atoms with Crippen molar-refractivity contribution in [3.63, 3.8) is 0 Å². The van der Waals surface area contributed by atoms with Crippen LogP contribution in [0.2, 0.25) is 0 Å². The van der Waals surface area contributed by atoms with Crippen LogP contribution in [0.25, 0.3) is 10.6 Å². The van der Waals surface area contributed by atoms with Crippen LogP contribution in [0, 0.1) is 12.8 Å². The van der Waals surface area contributed by atoms with Crippen molar-refractivity contribution < 1.29 is 4.79 Å². The van der Waals surface area contributed by atoms with Crippen LogP contribution in [-0.2, 0) is 0 Å². The Labute approximate surface area is 123 Å². The fourth-order valence-corrected chi connectivity index (χ4v) is 3.27. The fourth-order valence-electron chi connectivity index (χ4n) is 2.30. The predicted octanol–water partition coefficient (Wildman–Crippen LogP) is 3.65. The SMILES string of the molecule is Cc1nc(-c2ccccc2)sc1C(=O)NC(C)C1CC1. The second kappa shape index (κ2) is 5.37. The number of nitrogens with one attached hydrogen (secondary N) is 1. The highest BCUT2D eigenvalue weighted by Crippen LogP contribution is 2.33. The molecule has 1 N–H and O–H groups in total. The number of hydrogen-bond acceptors (Lipinski definition) is 3. The normalized spacial score (nSPS) is 15.9. The predicted molar refractivity (Wildman–Crippen MR) is 81.9 cm³/mol. The monoisotopic (exact) mass is 286 g/mol. The van der Waals surface area contributed by atoms with Gasteiger partial charge < -0.3 is 5.32 Å². The molecule has 1 aromatic heterocycles. The number of thiazole rings is 1. The minimum absolute atomic E-state index is 0.0154. The summed E-state index contributed by atoms with van der Waals surface area (Å²) in [6.07, 6.45) is 2.47. The zero-order chi connectivity index (χ0) is 14.1. The molecule has 0 radical (unpaired) electrons. The lowest BCUT2D eigenvalue weighted by Gasteiger charge is -2.11. The fraction of sp³-hybridized carbons (Fsp3) is 0.375. The van der Waals surface area contributed by atoms with Gasteiger partial charge in [-0.1, -0.05) is 30.3 Å². The van der Waals surface area contributed by atoms with E-state index in [-0.39, 0.29) is 11.9 Å². The van der Waals surface area contributed by atoms with Gasteiger partial charge in [0.05, 0.1) is 5.69 Å². The van der Waals surface area contributed by atoms with Crippen LogP contribution in [0.5, 0.6) is 0 Å². The lowest BCUT2D eigenvalue weighted by molar-refractivity contribution is 0.0939. The molecule has 2 aromatic rings. The van der Waals surface area contributed by atoms with Gasteiger partial charge in [0.1, 0.15) is 9.88 Å². The Morgan fingerprint density at radius 2 is 2.05 bits per heavy atom. The second-order valence-corrected chi connectivity index (χ2v) is 6.40. The van der Waals surface area contributed by atoms with Crippen LogP contribution >= 0.6 is 11.3 Å². The summed E-state index contributed by atoms with van der Waals surface area (Å²) in [7, 11) is 0. The summed E-state index contributed by atoms with van der Waals surface area (Å²) in [5.41, 5.74) is 1.88. The van der Waals surface area contributed by atoms with Crippen molar-refractivity contribution in [2.75, 3.05) is 0 Å². The Hall–Kier alpha value is -1.68. The molecule has 0 saturated heterocycles. The number of carbonyl (C=O) groups is 1. The smallest absolute Gasteiger partial charge is 0.263 e. The molecule has 1 saturated carbocycles. The van der Waals surface area contributed by atoms with E-state index in [1.807, 2.05) is 37.3 Å². The average molecular weight is 286 g/mol. The maximum Gasteiger partial charge on any atom is 0.263 e. The van der Waals surface area contributed by atoms with E-state index in [9.17, 15) is 4.79 Å². The van der Waals surface area contributed by atoms with E-state index in [4.69, 9.17) is 0 Å². The third-order valence-corrected chi connectivity index (χ3v) is 4.92. The highest BCUT2D eigenvalue weighted by atomic mass is 32.1. The van der Waals surface area contributed by atoms with Crippen LogP contribution in [0.3, 0.4) is 0 Å². The summed E-state index contributed by atoms with van der Waals surface area (Å²) < 4.78 is 0. The largest absolute Gasteiger partial charge is 0.349 e. The minimum atomic E-state index is 0.0154.